The Bertz CT molecular complexity index is 665. The number of aryl methyl sites for hydroxylation is 1. The predicted octanol–water partition coefficient (Wildman–Crippen LogP) is 2.94. The summed E-state index contributed by atoms with van der Waals surface area (Å²) in [6, 6.07) is 7.51. The number of likely N-dealkylation sites (tertiary alicyclic amines) is 1. The molecular formula is C15H17ClN4OS. The number of nitrogens with zero attached hydrogens (tertiary/aromatic N) is 4. The molecule has 0 spiro atoms. The molecular weight excluding hydrogens is 320 g/mol. The van der Waals surface area contributed by atoms with E-state index >= 15 is 0 Å². The second kappa shape index (κ2) is 6.71. The fourth-order valence-electron chi connectivity index (χ4n) is 2.51. The van der Waals surface area contributed by atoms with Crippen molar-refractivity contribution in [3.8, 4) is 5.69 Å². The first-order valence-electron chi connectivity index (χ1n) is 7.23. The summed E-state index contributed by atoms with van der Waals surface area (Å²) in [7, 11) is 0. The molecule has 1 aromatic carbocycles. The number of hydrogen-bond acceptors (Lipinski definition) is 4. The standard InChI is InChI=1S/C15H17ClN4OS/c1-11-17-18-15(20(11)13-6-4-12(16)5-7-13)22-10-14(21)19-8-2-3-9-19/h4-7H,2-3,8-10H2,1H3. The molecule has 0 aliphatic carbocycles. The molecule has 2 aromatic rings. The highest BCUT2D eigenvalue weighted by Gasteiger charge is 2.19. The van der Waals surface area contributed by atoms with Crippen LogP contribution in [0.4, 0.5) is 0 Å². The quantitative estimate of drug-likeness (QED) is 0.805. The molecule has 1 amide bonds. The molecule has 0 atom stereocenters. The molecule has 3 rings (SSSR count). The minimum Gasteiger partial charge on any atom is -0.342 e. The lowest BCUT2D eigenvalue weighted by atomic mass is 10.3. The number of rotatable bonds is 4. The predicted molar refractivity (Wildman–Crippen MR) is 87.6 cm³/mol. The lowest BCUT2D eigenvalue weighted by Crippen LogP contribution is -2.29. The molecule has 1 saturated heterocycles. The van der Waals surface area contributed by atoms with Gasteiger partial charge in [0.05, 0.1) is 5.75 Å². The van der Waals surface area contributed by atoms with Crippen molar-refractivity contribution in [1.82, 2.24) is 19.7 Å². The van der Waals surface area contributed by atoms with Crippen LogP contribution in [0.3, 0.4) is 0 Å². The summed E-state index contributed by atoms with van der Waals surface area (Å²) in [5.74, 6) is 1.36. The topological polar surface area (TPSA) is 51.0 Å². The average molecular weight is 337 g/mol. The summed E-state index contributed by atoms with van der Waals surface area (Å²) in [5, 5.41) is 9.73. The molecule has 0 bridgehead atoms. The van der Waals surface area contributed by atoms with Gasteiger partial charge in [0.1, 0.15) is 5.82 Å². The van der Waals surface area contributed by atoms with Crippen molar-refractivity contribution in [2.24, 2.45) is 0 Å². The second-order valence-electron chi connectivity index (χ2n) is 5.22. The van der Waals surface area contributed by atoms with Crippen molar-refractivity contribution in [3.05, 3.63) is 35.1 Å². The minimum absolute atomic E-state index is 0.172. The highest BCUT2D eigenvalue weighted by molar-refractivity contribution is 7.99. The van der Waals surface area contributed by atoms with Gasteiger partial charge in [0.15, 0.2) is 5.16 Å². The van der Waals surface area contributed by atoms with E-state index in [9.17, 15) is 4.79 Å². The van der Waals surface area contributed by atoms with Gasteiger partial charge in [-0.15, -0.1) is 10.2 Å². The van der Waals surface area contributed by atoms with E-state index in [4.69, 9.17) is 11.6 Å². The number of benzene rings is 1. The molecule has 0 unspecified atom stereocenters. The van der Waals surface area contributed by atoms with E-state index in [1.54, 1.807) is 0 Å². The van der Waals surface area contributed by atoms with Crippen molar-refractivity contribution in [2.75, 3.05) is 18.8 Å². The van der Waals surface area contributed by atoms with Crippen LogP contribution >= 0.6 is 23.4 Å². The molecule has 5 nitrogen and oxygen atoms in total. The Morgan fingerprint density at radius 3 is 2.59 bits per heavy atom. The van der Waals surface area contributed by atoms with E-state index in [2.05, 4.69) is 10.2 Å². The number of amides is 1. The maximum absolute atomic E-state index is 12.1. The molecule has 116 valence electrons. The molecule has 1 aliphatic rings. The third kappa shape index (κ3) is 3.28. The number of hydrogen-bond donors (Lipinski definition) is 0. The second-order valence-corrected chi connectivity index (χ2v) is 6.60. The van der Waals surface area contributed by atoms with E-state index in [1.165, 1.54) is 11.8 Å². The van der Waals surface area contributed by atoms with Gasteiger partial charge >= 0.3 is 0 Å². The first kappa shape index (κ1) is 15.4. The van der Waals surface area contributed by atoms with Gasteiger partial charge in [0, 0.05) is 23.8 Å². The highest BCUT2D eigenvalue weighted by Crippen LogP contribution is 2.23. The van der Waals surface area contributed by atoms with Crippen LogP contribution in [0.15, 0.2) is 29.4 Å². The summed E-state index contributed by atoms with van der Waals surface area (Å²) in [5.41, 5.74) is 0.947. The van der Waals surface area contributed by atoms with Crippen LogP contribution in [0.25, 0.3) is 5.69 Å². The Morgan fingerprint density at radius 1 is 1.23 bits per heavy atom. The third-order valence-electron chi connectivity index (χ3n) is 3.66. The summed E-state index contributed by atoms with van der Waals surface area (Å²) >= 11 is 7.36. The SMILES string of the molecule is Cc1nnc(SCC(=O)N2CCCC2)n1-c1ccc(Cl)cc1. The largest absolute Gasteiger partial charge is 0.342 e. The maximum atomic E-state index is 12.1. The Kier molecular flexibility index (Phi) is 4.69. The van der Waals surface area contributed by atoms with Crippen molar-refractivity contribution in [3.63, 3.8) is 0 Å². The van der Waals surface area contributed by atoms with E-state index in [0.717, 1.165) is 42.6 Å². The smallest absolute Gasteiger partial charge is 0.233 e. The van der Waals surface area contributed by atoms with E-state index in [0.29, 0.717) is 10.8 Å². The van der Waals surface area contributed by atoms with E-state index < -0.39 is 0 Å². The van der Waals surface area contributed by atoms with Crippen molar-refractivity contribution in [1.29, 1.82) is 0 Å². The van der Waals surface area contributed by atoms with Crippen molar-refractivity contribution >= 4 is 29.3 Å². The Morgan fingerprint density at radius 2 is 1.91 bits per heavy atom. The molecule has 2 heterocycles. The molecule has 0 N–H and O–H groups in total. The number of carbonyl (C=O) groups excluding carboxylic acids is 1. The summed E-state index contributed by atoms with van der Waals surface area (Å²) < 4.78 is 1.94. The van der Waals surface area contributed by atoms with Crippen LogP contribution in [0, 0.1) is 6.92 Å². The number of halogens is 1. The minimum atomic E-state index is 0.172. The number of thioether (sulfide) groups is 1. The lowest BCUT2D eigenvalue weighted by molar-refractivity contribution is -0.127. The van der Waals surface area contributed by atoms with Crippen molar-refractivity contribution < 1.29 is 4.79 Å². The van der Waals surface area contributed by atoms with Gasteiger partial charge in [-0.25, -0.2) is 0 Å². The molecule has 0 saturated carbocycles. The average Bonchev–Trinajstić information content (AvgIpc) is 3.16. The van der Waals surface area contributed by atoms with E-state index in [1.807, 2.05) is 40.7 Å². The van der Waals surface area contributed by atoms with Gasteiger partial charge in [0.25, 0.3) is 0 Å². The van der Waals surface area contributed by atoms with Gasteiger partial charge < -0.3 is 4.90 Å². The van der Waals surface area contributed by atoms with Crippen LogP contribution < -0.4 is 0 Å². The van der Waals surface area contributed by atoms with E-state index in [-0.39, 0.29) is 5.91 Å². The summed E-state index contributed by atoms with van der Waals surface area (Å²) in [6.07, 6.45) is 2.22. The van der Waals surface area contributed by atoms with Gasteiger partial charge in [0.2, 0.25) is 5.91 Å². The zero-order valence-electron chi connectivity index (χ0n) is 12.3. The molecule has 1 aromatic heterocycles. The third-order valence-corrected chi connectivity index (χ3v) is 4.83. The van der Waals surface area contributed by atoms with Crippen LogP contribution in [0.1, 0.15) is 18.7 Å². The van der Waals surface area contributed by atoms with Gasteiger partial charge in [-0.3, -0.25) is 9.36 Å². The molecule has 7 heteroatoms. The van der Waals surface area contributed by atoms with Crippen LogP contribution in [0.5, 0.6) is 0 Å². The number of aromatic nitrogens is 3. The van der Waals surface area contributed by atoms with Crippen LogP contribution in [-0.4, -0.2) is 44.4 Å². The first-order chi connectivity index (χ1) is 10.6. The highest BCUT2D eigenvalue weighted by atomic mass is 35.5. The molecule has 1 fully saturated rings. The fourth-order valence-corrected chi connectivity index (χ4v) is 3.53. The number of carbonyl (C=O) groups is 1. The molecule has 1 aliphatic heterocycles. The molecule has 0 radical (unpaired) electrons. The summed E-state index contributed by atoms with van der Waals surface area (Å²) in [6.45, 7) is 3.65. The summed E-state index contributed by atoms with van der Waals surface area (Å²) in [4.78, 5) is 14.1. The van der Waals surface area contributed by atoms with Crippen LogP contribution in [-0.2, 0) is 4.79 Å². The van der Waals surface area contributed by atoms with Gasteiger partial charge in [-0.1, -0.05) is 23.4 Å². The Hall–Kier alpha value is -1.53. The Balaban J connectivity index is 1.74. The Labute approximate surface area is 138 Å². The van der Waals surface area contributed by atoms with Gasteiger partial charge in [-0.2, -0.15) is 0 Å². The monoisotopic (exact) mass is 336 g/mol. The maximum Gasteiger partial charge on any atom is 0.233 e. The fraction of sp³-hybridized carbons (Fsp3) is 0.400. The molecule has 22 heavy (non-hydrogen) atoms. The lowest BCUT2D eigenvalue weighted by Gasteiger charge is -2.14. The first-order valence-corrected chi connectivity index (χ1v) is 8.60. The van der Waals surface area contributed by atoms with Gasteiger partial charge in [-0.05, 0) is 44.0 Å². The zero-order valence-corrected chi connectivity index (χ0v) is 13.9. The normalized spacial score (nSPS) is 14.5. The zero-order chi connectivity index (χ0) is 15.5. The van der Waals surface area contributed by atoms with Crippen LogP contribution in [0.2, 0.25) is 5.02 Å². The van der Waals surface area contributed by atoms with Crippen molar-refractivity contribution in [2.45, 2.75) is 24.9 Å².